The lowest BCUT2D eigenvalue weighted by Gasteiger charge is -2.25. The maximum Gasteiger partial charge on any atom is 0.225 e. The summed E-state index contributed by atoms with van der Waals surface area (Å²) >= 11 is 0. The Morgan fingerprint density at radius 1 is 1.36 bits per heavy atom. The first-order valence-electron chi connectivity index (χ1n) is 8.67. The summed E-state index contributed by atoms with van der Waals surface area (Å²) in [6, 6.07) is 8.47. The predicted molar refractivity (Wildman–Crippen MR) is 99.1 cm³/mol. The number of nitrogens with zero attached hydrogens (tertiary/aromatic N) is 2. The van der Waals surface area contributed by atoms with E-state index in [4.69, 9.17) is 0 Å². The second-order valence-electron chi connectivity index (χ2n) is 6.88. The highest BCUT2D eigenvalue weighted by Crippen LogP contribution is 2.29. The van der Waals surface area contributed by atoms with Crippen LogP contribution in [-0.2, 0) is 11.2 Å². The van der Waals surface area contributed by atoms with Crippen LogP contribution in [0.3, 0.4) is 0 Å². The quantitative estimate of drug-likeness (QED) is 0.814. The third-order valence-electron chi connectivity index (χ3n) is 4.46. The average Bonchev–Trinajstić information content (AvgIpc) is 3.35. The molecule has 2 heterocycles. The number of aliphatic imine (C=N–C) groups is 1. The van der Waals surface area contributed by atoms with Crippen molar-refractivity contribution in [3.63, 3.8) is 0 Å². The molecule has 0 radical (unpaired) electrons. The minimum atomic E-state index is -0.406. The van der Waals surface area contributed by atoms with Crippen molar-refractivity contribution in [2.45, 2.75) is 32.5 Å². The van der Waals surface area contributed by atoms with Gasteiger partial charge in [-0.2, -0.15) is 5.43 Å². The lowest BCUT2D eigenvalue weighted by Crippen LogP contribution is -2.47. The summed E-state index contributed by atoms with van der Waals surface area (Å²) in [5.74, 6) is 1.07. The smallest absolute Gasteiger partial charge is 0.225 e. The number of nitrogens with one attached hydrogen (secondary N) is 2. The molecule has 5 heteroatoms. The highest BCUT2D eigenvalue weighted by Gasteiger charge is 2.34. The van der Waals surface area contributed by atoms with Crippen LogP contribution in [0.15, 0.2) is 59.6 Å². The van der Waals surface area contributed by atoms with Gasteiger partial charge in [-0.05, 0) is 49.5 Å². The molecule has 0 saturated heterocycles. The van der Waals surface area contributed by atoms with Crippen LogP contribution < -0.4 is 10.7 Å². The number of carbonyl (C=O) groups is 1. The van der Waals surface area contributed by atoms with Gasteiger partial charge in [0.2, 0.25) is 5.91 Å². The molecule has 25 heavy (non-hydrogen) atoms. The molecule has 1 fully saturated rings. The third-order valence-corrected chi connectivity index (χ3v) is 4.46. The molecule has 4 rings (SSSR count). The van der Waals surface area contributed by atoms with Gasteiger partial charge in [0.1, 0.15) is 5.84 Å². The molecule has 2 aliphatic heterocycles. The van der Waals surface area contributed by atoms with Gasteiger partial charge in [-0.15, -0.1) is 0 Å². The molecule has 1 saturated carbocycles. The van der Waals surface area contributed by atoms with Gasteiger partial charge in [0.25, 0.3) is 0 Å². The van der Waals surface area contributed by atoms with Crippen molar-refractivity contribution in [1.82, 2.24) is 15.8 Å². The molecular weight excluding hydrogens is 312 g/mol. The van der Waals surface area contributed by atoms with Crippen LogP contribution in [0, 0.1) is 5.92 Å². The fourth-order valence-electron chi connectivity index (χ4n) is 3.05. The highest BCUT2D eigenvalue weighted by atomic mass is 16.2. The zero-order chi connectivity index (χ0) is 17.4. The van der Waals surface area contributed by atoms with Gasteiger partial charge in [-0.3, -0.25) is 9.80 Å². The lowest BCUT2D eigenvalue weighted by molar-refractivity contribution is -0.123. The average molecular weight is 334 g/mol. The summed E-state index contributed by atoms with van der Waals surface area (Å²) in [5, 5.41) is 4.89. The van der Waals surface area contributed by atoms with Gasteiger partial charge >= 0.3 is 0 Å². The SMILES string of the molecule is C=C(C)Cc1ccc(C2=CC=CC3=NC(NC(=O)C4CC4)NN23)cc1. The molecule has 1 unspecified atom stereocenters. The number of hydrogen-bond acceptors (Lipinski definition) is 4. The van der Waals surface area contributed by atoms with Gasteiger partial charge in [0.05, 0.1) is 5.70 Å². The summed E-state index contributed by atoms with van der Waals surface area (Å²) in [6.45, 7) is 6.00. The van der Waals surface area contributed by atoms with E-state index in [1.165, 1.54) is 5.56 Å². The largest absolute Gasteiger partial charge is 0.320 e. The second kappa shape index (κ2) is 6.33. The Balaban J connectivity index is 1.49. The first-order valence-corrected chi connectivity index (χ1v) is 8.67. The molecule has 1 atom stereocenters. The number of fused-ring (bicyclic) bond motifs is 1. The Morgan fingerprint density at radius 3 is 2.80 bits per heavy atom. The summed E-state index contributed by atoms with van der Waals surface area (Å²) in [6.07, 6.45) is 8.43. The van der Waals surface area contributed by atoms with Crippen molar-refractivity contribution in [3.05, 3.63) is 65.8 Å². The van der Waals surface area contributed by atoms with E-state index in [0.717, 1.165) is 41.9 Å². The summed E-state index contributed by atoms with van der Waals surface area (Å²) in [7, 11) is 0. The van der Waals surface area contributed by atoms with Crippen LogP contribution in [-0.4, -0.2) is 23.0 Å². The maximum absolute atomic E-state index is 12.0. The van der Waals surface area contributed by atoms with Crippen molar-refractivity contribution in [2.75, 3.05) is 0 Å². The van der Waals surface area contributed by atoms with Crippen molar-refractivity contribution in [1.29, 1.82) is 0 Å². The Labute approximate surface area is 147 Å². The number of amides is 1. The Morgan fingerprint density at radius 2 is 2.12 bits per heavy atom. The first kappa shape index (κ1) is 15.8. The summed E-state index contributed by atoms with van der Waals surface area (Å²) in [4.78, 5) is 16.5. The molecule has 128 valence electrons. The van der Waals surface area contributed by atoms with Crippen LogP contribution in [0.5, 0.6) is 0 Å². The number of benzene rings is 1. The van der Waals surface area contributed by atoms with E-state index in [2.05, 4.69) is 46.6 Å². The summed E-state index contributed by atoms with van der Waals surface area (Å²) < 4.78 is 0. The monoisotopic (exact) mass is 334 g/mol. The van der Waals surface area contributed by atoms with E-state index in [1.807, 2.05) is 30.2 Å². The van der Waals surface area contributed by atoms with Gasteiger partial charge < -0.3 is 5.32 Å². The van der Waals surface area contributed by atoms with Crippen LogP contribution in [0.1, 0.15) is 30.9 Å². The van der Waals surface area contributed by atoms with E-state index in [9.17, 15) is 4.79 Å². The fourth-order valence-corrected chi connectivity index (χ4v) is 3.05. The van der Waals surface area contributed by atoms with Crippen molar-refractivity contribution >= 4 is 17.4 Å². The molecule has 1 amide bonds. The molecule has 1 aliphatic carbocycles. The normalized spacial score (nSPS) is 21.5. The number of amidine groups is 1. The Kier molecular flexibility index (Phi) is 4.01. The van der Waals surface area contributed by atoms with E-state index in [1.54, 1.807) is 0 Å². The molecule has 0 bridgehead atoms. The Hall–Kier alpha value is -2.66. The van der Waals surface area contributed by atoms with Crippen LogP contribution in [0.2, 0.25) is 0 Å². The van der Waals surface area contributed by atoms with Crippen LogP contribution in [0.25, 0.3) is 5.70 Å². The van der Waals surface area contributed by atoms with E-state index >= 15 is 0 Å². The first-order chi connectivity index (χ1) is 12.1. The van der Waals surface area contributed by atoms with Gasteiger partial charge in [0, 0.05) is 5.92 Å². The predicted octanol–water partition coefficient (Wildman–Crippen LogP) is 2.74. The summed E-state index contributed by atoms with van der Waals surface area (Å²) in [5.41, 5.74) is 7.79. The molecule has 3 aliphatic rings. The van der Waals surface area contributed by atoms with Gasteiger partial charge in [-0.1, -0.05) is 42.5 Å². The van der Waals surface area contributed by atoms with E-state index in [-0.39, 0.29) is 11.8 Å². The van der Waals surface area contributed by atoms with Crippen LogP contribution >= 0.6 is 0 Å². The minimum Gasteiger partial charge on any atom is -0.320 e. The Bertz CT molecular complexity index is 799. The molecule has 2 N–H and O–H groups in total. The van der Waals surface area contributed by atoms with E-state index < -0.39 is 6.29 Å². The number of hydrogen-bond donors (Lipinski definition) is 2. The number of rotatable bonds is 5. The fraction of sp³-hybridized carbons (Fsp3) is 0.300. The molecule has 0 spiro atoms. The third kappa shape index (κ3) is 3.42. The maximum atomic E-state index is 12.0. The van der Waals surface area contributed by atoms with Crippen molar-refractivity contribution < 1.29 is 4.79 Å². The second-order valence-corrected chi connectivity index (χ2v) is 6.88. The number of hydrazine groups is 1. The number of allylic oxidation sites excluding steroid dienone is 3. The molecule has 1 aromatic carbocycles. The molecule has 0 aromatic heterocycles. The van der Waals surface area contributed by atoms with Crippen molar-refractivity contribution in [3.8, 4) is 0 Å². The lowest BCUT2D eigenvalue weighted by atomic mass is 10.0. The molecule has 1 aromatic rings. The van der Waals surface area contributed by atoms with Crippen LogP contribution in [0.4, 0.5) is 0 Å². The standard InChI is InChI=1S/C20H22N4O/c1-13(2)12-14-6-8-15(9-7-14)17-4-3-5-18-21-20(23-24(17)18)22-19(25)16-10-11-16/h3-9,16,20,23H,1,10-12H2,2H3,(H,22,25). The minimum absolute atomic E-state index is 0.0837. The zero-order valence-corrected chi connectivity index (χ0v) is 14.3. The zero-order valence-electron chi connectivity index (χ0n) is 14.3. The van der Waals surface area contributed by atoms with Crippen molar-refractivity contribution in [2.24, 2.45) is 10.9 Å². The number of carbonyl (C=O) groups excluding carboxylic acids is 1. The van der Waals surface area contributed by atoms with Gasteiger partial charge in [0.15, 0.2) is 6.29 Å². The van der Waals surface area contributed by atoms with E-state index in [0.29, 0.717) is 0 Å². The topological polar surface area (TPSA) is 56.7 Å². The molecular formula is C20H22N4O. The van der Waals surface area contributed by atoms with Gasteiger partial charge in [-0.25, -0.2) is 4.99 Å². The molecule has 5 nitrogen and oxygen atoms in total. The highest BCUT2D eigenvalue weighted by molar-refractivity contribution is 6.02.